The maximum Gasteiger partial charge on any atom is 0.191 e. The van der Waals surface area contributed by atoms with Gasteiger partial charge in [0.15, 0.2) is 5.96 Å². The average Bonchev–Trinajstić information content (AvgIpc) is 3.21. The molecule has 0 aliphatic carbocycles. The summed E-state index contributed by atoms with van der Waals surface area (Å²) in [5, 5.41) is 21.6. The third-order valence-electron chi connectivity index (χ3n) is 4.15. The van der Waals surface area contributed by atoms with Crippen molar-refractivity contribution >= 4 is 5.96 Å². The summed E-state index contributed by atoms with van der Waals surface area (Å²) >= 11 is 0. The summed E-state index contributed by atoms with van der Waals surface area (Å²) in [7, 11) is 0. The number of nitrogens with zero attached hydrogens (tertiary/aromatic N) is 3. The third kappa shape index (κ3) is 5.62. The lowest BCUT2D eigenvalue weighted by atomic mass is 10.0. The minimum atomic E-state index is -1.14. The SMILES string of the molecule is CCNC(=NCC(C)(O)c1ccco1)NCC(C)Cn1nc(C)cc1C. The molecule has 0 amide bonds. The highest BCUT2D eigenvalue weighted by molar-refractivity contribution is 5.79. The molecule has 3 N–H and O–H groups in total. The van der Waals surface area contributed by atoms with Gasteiger partial charge in [-0.2, -0.15) is 5.10 Å². The number of rotatable bonds is 8. The van der Waals surface area contributed by atoms with E-state index in [4.69, 9.17) is 4.42 Å². The Hall–Kier alpha value is -2.28. The Bertz CT molecular complexity index is 704. The van der Waals surface area contributed by atoms with Gasteiger partial charge in [0.2, 0.25) is 0 Å². The van der Waals surface area contributed by atoms with Crippen molar-refractivity contribution in [2.75, 3.05) is 19.6 Å². The maximum atomic E-state index is 10.5. The van der Waals surface area contributed by atoms with Crippen LogP contribution >= 0.6 is 0 Å². The Morgan fingerprint density at radius 1 is 1.42 bits per heavy atom. The molecule has 2 atom stereocenters. The van der Waals surface area contributed by atoms with Gasteiger partial charge in [0.25, 0.3) is 0 Å². The van der Waals surface area contributed by atoms with Crippen LogP contribution in [0.2, 0.25) is 0 Å². The summed E-state index contributed by atoms with van der Waals surface area (Å²) in [5.74, 6) is 1.57. The summed E-state index contributed by atoms with van der Waals surface area (Å²) in [6, 6.07) is 5.60. The van der Waals surface area contributed by atoms with Crippen molar-refractivity contribution in [3.63, 3.8) is 0 Å². The fraction of sp³-hybridized carbons (Fsp3) is 0.579. The fourth-order valence-electron chi connectivity index (χ4n) is 2.73. The van der Waals surface area contributed by atoms with Gasteiger partial charge in [-0.05, 0) is 51.8 Å². The Kier molecular flexibility index (Phi) is 6.85. The lowest BCUT2D eigenvalue weighted by Gasteiger charge is -2.20. The molecule has 144 valence electrons. The molecule has 2 heterocycles. The second-order valence-electron chi connectivity index (χ2n) is 7.04. The Morgan fingerprint density at radius 3 is 2.77 bits per heavy atom. The van der Waals surface area contributed by atoms with Gasteiger partial charge in [0.1, 0.15) is 11.4 Å². The molecule has 0 aliphatic heterocycles. The highest BCUT2D eigenvalue weighted by atomic mass is 16.4. The first-order chi connectivity index (χ1) is 12.3. The second-order valence-corrected chi connectivity index (χ2v) is 7.04. The first-order valence-electron chi connectivity index (χ1n) is 9.11. The molecule has 26 heavy (non-hydrogen) atoms. The fourth-order valence-corrected chi connectivity index (χ4v) is 2.73. The van der Waals surface area contributed by atoms with E-state index < -0.39 is 5.60 Å². The van der Waals surface area contributed by atoms with Crippen molar-refractivity contribution in [2.45, 2.75) is 46.8 Å². The first kappa shape index (κ1) is 20.0. The average molecular weight is 361 g/mol. The van der Waals surface area contributed by atoms with E-state index in [-0.39, 0.29) is 6.54 Å². The van der Waals surface area contributed by atoms with Crippen molar-refractivity contribution in [3.05, 3.63) is 41.6 Å². The molecule has 7 nitrogen and oxygen atoms in total. The lowest BCUT2D eigenvalue weighted by molar-refractivity contribution is 0.0437. The van der Waals surface area contributed by atoms with Crippen LogP contribution in [0.4, 0.5) is 0 Å². The first-order valence-corrected chi connectivity index (χ1v) is 9.11. The minimum absolute atomic E-state index is 0.210. The van der Waals surface area contributed by atoms with E-state index in [0.717, 1.165) is 25.3 Å². The van der Waals surface area contributed by atoms with Gasteiger partial charge in [-0.3, -0.25) is 4.68 Å². The van der Waals surface area contributed by atoms with Crippen LogP contribution in [0.5, 0.6) is 0 Å². The number of hydrogen-bond donors (Lipinski definition) is 3. The molecule has 0 saturated heterocycles. The monoisotopic (exact) mass is 361 g/mol. The third-order valence-corrected chi connectivity index (χ3v) is 4.15. The predicted octanol–water partition coefficient (Wildman–Crippen LogP) is 2.19. The van der Waals surface area contributed by atoms with Gasteiger partial charge in [0, 0.05) is 25.3 Å². The standard InChI is InChI=1S/C19H31N5O2/c1-6-20-18(22-13-19(5,25)17-8-7-9-26-17)21-11-14(2)12-24-16(4)10-15(3)23-24/h7-10,14,25H,6,11-13H2,1-5H3,(H2,20,21,22). The Balaban J connectivity index is 1.91. The molecule has 0 fully saturated rings. The van der Waals surface area contributed by atoms with Crippen LogP contribution in [0.1, 0.15) is 37.9 Å². The number of aliphatic imine (C=N–C) groups is 1. The Labute approximate surface area is 155 Å². The highest BCUT2D eigenvalue weighted by Crippen LogP contribution is 2.21. The summed E-state index contributed by atoms with van der Waals surface area (Å²) < 4.78 is 7.33. The number of hydrogen-bond acceptors (Lipinski definition) is 4. The summed E-state index contributed by atoms with van der Waals surface area (Å²) in [6.45, 7) is 12.5. The molecule has 7 heteroatoms. The molecule has 2 unspecified atom stereocenters. The number of nitrogens with one attached hydrogen (secondary N) is 2. The van der Waals surface area contributed by atoms with Crippen molar-refractivity contribution in [2.24, 2.45) is 10.9 Å². The van der Waals surface area contributed by atoms with Gasteiger partial charge in [-0.25, -0.2) is 4.99 Å². The van der Waals surface area contributed by atoms with Crippen molar-refractivity contribution < 1.29 is 9.52 Å². The van der Waals surface area contributed by atoms with E-state index in [1.807, 2.05) is 18.5 Å². The van der Waals surface area contributed by atoms with Crippen LogP contribution in [-0.4, -0.2) is 40.5 Å². The molecule has 0 saturated carbocycles. The largest absolute Gasteiger partial charge is 0.466 e. The molecule has 0 aliphatic rings. The summed E-state index contributed by atoms with van der Waals surface area (Å²) in [4.78, 5) is 4.50. The van der Waals surface area contributed by atoms with E-state index >= 15 is 0 Å². The number of aryl methyl sites for hydroxylation is 2. The van der Waals surface area contributed by atoms with Gasteiger partial charge in [-0.1, -0.05) is 6.92 Å². The van der Waals surface area contributed by atoms with E-state index in [1.165, 1.54) is 5.69 Å². The van der Waals surface area contributed by atoms with Gasteiger partial charge in [-0.15, -0.1) is 0 Å². The zero-order valence-corrected chi connectivity index (χ0v) is 16.4. The van der Waals surface area contributed by atoms with E-state index in [1.54, 1.807) is 25.3 Å². The molecule has 2 aromatic rings. The van der Waals surface area contributed by atoms with Gasteiger partial charge in [0.05, 0.1) is 18.5 Å². The number of guanidine groups is 1. The molecule has 0 bridgehead atoms. The van der Waals surface area contributed by atoms with Crippen molar-refractivity contribution in [1.29, 1.82) is 0 Å². The van der Waals surface area contributed by atoms with Crippen molar-refractivity contribution in [1.82, 2.24) is 20.4 Å². The minimum Gasteiger partial charge on any atom is -0.466 e. The molecular weight excluding hydrogens is 330 g/mol. The lowest BCUT2D eigenvalue weighted by Crippen LogP contribution is -2.41. The molecule has 2 rings (SSSR count). The quantitative estimate of drug-likeness (QED) is 0.495. The summed E-state index contributed by atoms with van der Waals surface area (Å²) in [5.41, 5.74) is 1.07. The molecule has 0 aromatic carbocycles. The zero-order valence-electron chi connectivity index (χ0n) is 16.4. The van der Waals surface area contributed by atoms with Crippen LogP contribution in [0.3, 0.4) is 0 Å². The van der Waals surface area contributed by atoms with Crippen molar-refractivity contribution in [3.8, 4) is 0 Å². The highest BCUT2D eigenvalue weighted by Gasteiger charge is 2.26. The van der Waals surface area contributed by atoms with Crippen LogP contribution in [0.15, 0.2) is 33.9 Å². The predicted molar refractivity (Wildman–Crippen MR) is 103 cm³/mol. The second kappa shape index (κ2) is 8.89. The number of furan rings is 1. The molecule has 2 aromatic heterocycles. The maximum absolute atomic E-state index is 10.5. The van der Waals surface area contributed by atoms with Crippen LogP contribution in [0.25, 0.3) is 0 Å². The van der Waals surface area contributed by atoms with Crippen LogP contribution in [-0.2, 0) is 12.1 Å². The van der Waals surface area contributed by atoms with E-state index in [9.17, 15) is 5.11 Å². The number of aromatic nitrogens is 2. The molecule has 0 spiro atoms. The molecular formula is C19H31N5O2. The van der Waals surface area contributed by atoms with E-state index in [2.05, 4.69) is 40.6 Å². The zero-order chi connectivity index (χ0) is 19.2. The van der Waals surface area contributed by atoms with Gasteiger partial charge < -0.3 is 20.2 Å². The number of aliphatic hydroxyl groups is 1. The summed E-state index contributed by atoms with van der Waals surface area (Å²) in [6.07, 6.45) is 1.55. The van der Waals surface area contributed by atoms with Crippen LogP contribution in [0, 0.1) is 19.8 Å². The van der Waals surface area contributed by atoms with Crippen LogP contribution < -0.4 is 10.6 Å². The normalized spacial score (nSPS) is 15.5. The molecule has 0 radical (unpaired) electrons. The Morgan fingerprint density at radius 2 is 2.19 bits per heavy atom. The van der Waals surface area contributed by atoms with Gasteiger partial charge >= 0.3 is 0 Å². The van der Waals surface area contributed by atoms with E-state index in [0.29, 0.717) is 17.6 Å². The topological polar surface area (TPSA) is 87.6 Å². The smallest absolute Gasteiger partial charge is 0.191 e.